The van der Waals surface area contributed by atoms with E-state index in [1.165, 1.54) is 0 Å². The molecule has 1 aromatic carbocycles. The second-order valence-corrected chi connectivity index (χ2v) is 6.70. The van der Waals surface area contributed by atoms with Crippen LogP contribution in [0.15, 0.2) is 28.8 Å². The number of carbonyl (C=O) groups excluding carboxylic acids is 1. The van der Waals surface area contributed by atoms with Gasteiger partial charge < -0.3 is 9.84 Å². The molecule has 2 aromatic rings. The summed E-state index contributed by atoms with van der Waals surface area (Å²) in [5.74, 6) is 1.55. The van der Waals surface area contributed by atoms with Crippen LogP contribution in [-0.4, -0.2) is 11.1 Å². The van der Waals surface area contributed by atoms with Gasteiger partial charge in [-0.3, -0.25) is 4.79 Å². The van der Waals surface area contributed by atoms with Crippen LogP contribution in [0.1, 0.15) is 43.4 Å². The van der Waals surface area contributed by atoms with Crippen molar-refractivity contribution in [3.05, 3.63) is 45.6 Å². The predicted octanol–water partition coefficient (Wildman–Crippen LogP) is 4.85. The van der Waals surface area contributed by atoms with Crippen LogP contribution >= 0.6 is 23.2 Å². The molecule has 1 N–H and O–H groups in total. The topological polar surface area (TPSA) is 55.1 Å². The molecule has 0 saturated heterocycles. The van der Waals surface area contributed by atoms with Gasteiger partial charge in [-0.2, -0.15) is 0 Å². The summed E-state index contributed by atoms with van der Waals surface area (Å²) >= 11 is 11.9. The Morgan fingerprint density at radius 2 is 2.09 bits per heavy atom. The summed E-state index contributed by atoms with van der Waals surface area (Å²) in [5, 5.41) is 7.71. The Balaban J connectivity index is 1.63. The summed E-state index contributed by atoms with van der Waals surface area (Å²) in [7, 11) is 0. The fourth-order valence-electron chi connectivity index (χ4n) is 2.44. The second-order valence-electron chi connectivity index (χ2n) is 5.88. The first-order chi connectivity index (χ1) is 10.5. The number of nitrogens with zero attached hydrogens (tertiary/aromatic N) is 1. The molecule has 1 aliphatic carbocycles. The highest BCUT2D eigenvalue weighted by Crippen LogP contribution is 2.48. The Morgan fingerprint density at radius 1 is 1.32 bits per heavy atom. The highest BCUT2D eigenvalue weighted by atomic mass is 35.5. The van der Waals surface area contributed by atoms with E-state index >= 15 is 0 Å². The lowest BCUT2D eigenvalue weighted by Gasteiger charge is -2.03. The largest absolute Gasteiger partial charge is 0.359 e. The van der Waals surface area contributed by atoms with Crippen LogP contribution in [0.2, 0.25) is 10.0 Å². The lowest BCUT2D eigenvalue weighted by atomic mass is 10.1. The molecule has 116 valence electrons. The van der Waals surface area contributed by atoms with Crippen LogP contribution < -0.4 is 5.32 Å². The minimum atomic E-state index is -0.0588. The molecule has 3 rings (SSSR count). The third kappa shape index (κ3) is 3.13. The Labute approximate surface area is 138 Å². The Bertz CT molecular complexity index is 712. The molecule has 1 amide bonds. The summed E-state index contributed by atoms with van der Waals surface area (Å²) in [4.78, 5) is 12.2. The van der Waals surface area contributed by atoms with Crippen LogP contribution in [0.3, 0.4) is 0 Å². The van der Waals surface area contributed by atoms with Crippen molar-refractivity contribution in [2.75, 3.05) is 5.32 Å². The van der Waals surface area contributed by atoms with Gasteiger partial charge in [0.2, 0.25) is 5.91 Å². The maximum Gasteiger partial charge on any atom is 0.229 e. The minimum Gasteiger partial charge on any atom is -0.359 e. The molecule has 4 nitrogen and oxygen atoms in total. The van der Waals surface area contributed by atoms with E-state index in [0.717, 1.165) is 17.7 Å². The lowest BCUT2D eigenvalue weighted by Crippen LogP contribution is -2.14. The smallest absolute Gasteiger partial charge is 0.229 e. The zero-order valence-corrected chi connectivity index (χ0v) is 13.8. The van der Waals surface area contributed by atoms with E-state index in [0.29, 0.717) is 15.9 Å². The second kappa shape index (κ2) is 5.94. The van der Waals surface area contributed by atoms with Crippen molar-refractivity contribution < 1.29 is 9.32 Å². The molecule has 1 heterocycles. The summed E-state index contributed by atoms with van der Waals surface area (Å²) < 4.78 is 5.17. The summed E-state index contributed by atoms with van der Waals surface area (Å²) in [5.41, 5.74) is 1.04. The SMILES string of the molecule is CC(C)c1cc(NC(=O)[C@H]2C[C@H]2c2ccc(Cl)c(Cl)c2)no1. The van der Waals surface area contributed by atoms with Crippen molar-refractivity contribution in [1.82, 2.24) is 5.16 Å². The number of rotatable bonds is 4. The maximum atomic E-state index is 12.2. The maximum absolute atomic E-state index is 12.2. The van der Waals surface area contributed by atoms with Gasteiger partial charge in [-0.1, -0.05) is 48.3 Å². The highest BCUT2D eigenvalue weighted by Gasteiger charge is 2.44. The fourth-order valence-corrected chi connectivity index (χ4v) is 2.74. The molecule has 0 bridgehead atoms. The van der Waals surface area contributed by atoms with Gasteiger partial charge in [0.25, 0.3) is 0 Å². The summed E-state index contributed by atoms with van der Waals surface area (Å²) in [6, 6.07) is 7.27. The predicted molar refractivity (Wildman–Crippen MR) is 86.5 cm³/mol. The molecule has 0 unspecified atom stereocenters. The van der Waals surface area contributed by atoms with E-state index in [1.54, 1.807) is 12.1 Å². The van der Waals surface area contributed by atoms with E-state index in [2.05, 4.69) is 10.5 Å². The molecule has 0 radical (unpaired) electrons. The fraction of sp³-hybridized carbons (Fsp3) is 0.375. The number of carbonyl (C=O) groups is 1. The van der Waals surface area contributed by atoms with Crippen molar-refractivity contribution >= 4 is 34.9 Å². The average molecular weight is 339 g/mol. The van der Waals surface area contributed by atoms with Crippen LogP contribution in [0.4, 0.5) is 5.82 Å². The van der Waals surface area contributed by atoms with E-state index in [9.17, 15) is 4.79 Å². The average Bonchev–Trinajstić information content (AvgIpc) is 3.14. The third-order valence-corrected chi connectivity index (χ3v) is 4.59. The van der Waals surface area contributed by atoms with Crippen molar-refractivity contribution in [1.29, 1.82) is 0 Å². The monoisotopic (exact) mass is 338 g/mol. The first-order valence-corrected chi connectivity index (χ1v) is 7.93. The van der Waals surface area contributed by atoms with Gasteiger partial charge in [0, 0.05) is 17.9 Å². The molecule has 2 atom stereocenters. The molecule has 22 heavy (non-hydrogen) atoms. The lowest BCUT2D eigenvalue weighted by molar-refractivity contribution is -0.117. The van der Waals surface area contributed by atoms with E-state index in [4.69, 9.17) is 27.7 Å². The van der Waals surface area contributed by atoms with Gasteiger partial charge in [-0.05, 0) is 30.0 Å². The standard InChI is InChI=1S/C16H16Cl2N2O2/c1-8(2)14-7-15(20-22-14)19-16(21)11-6-10(11)9-3-4-12(17)13(18)5-9/h3-5,7-8,10-11H,6H2,1-2H3,(H,19,20,21)/t10-,11-/m0/s1. The van der Waals surface area contributed by atoms with Gasteiger partial charge in [0.05, 0.1) is 10.0 Å². The summed E-state index contributed by atoms with van der Waals surface area (Å²) in [6.07, 6.45) is 0.804. The Morgan fingerprint density at radius 3 is 2.73 bits per heavy atom. The van der Waals surface area contributed by atoms with Gasteiger partial charge in [0.15, 0.2) is 5.82 Å². The Kier molecular flexibility index (Phi) is 4.15. The van der Waals surface area contributed by atoms with Gasteiger partial charge >= 0.3 is 0 Å². The van der Waals surface area contributed by atoms with Gasteiger partial charge in [0.1, 0.15) is 5.76 Å². The number of nitrogens with one attached hydrogen (secondary N) is 1. The normalized spacial score (nSPS) is 20.2. The van der Waals surface area contributed by atoms with Gasteiger partial charge in [-0.25, -0.2) is 0 Å². The Hall–Kier alpha value is -1.52. The van der Waals surface area contributed by atoms with Crippen LogP contribution in [0, 0.1) is 5.92 Å². The molecule has 1 aromatic heterocycles. The van der Waals surface area contributed by atoms with E-state index in [-0.39, 0.29) is 23.7 Å². The molecule has 6 heteroatoms. The molecular formula is C16H16Cl2N2O2. The number of hydrogen-bond donors (Lipinski definition) is 1. The number of halogens is 2. The molecule has 0 aliphatic heterocycles. The quantitative estimate of drug-likeness (QED) is 0.866. The molecule has 1 aliphatic rings. The minimum absolute atomic E-state index is 0.0420. The number of hydrogen-bond acceptors (Lipinski definition) is 3. The summed E-state index contributed by atoms with van der Waals surface area (Å²) in [6.45, 7) is 4.01. The number of benzene rings is 1. The van der Waals surface area contributed by atoms with E-state index in [1.807, 2.05) is 26.0 Å². The van der Waals surface area contributed by atoms with Crippen molar-refractivity contribution in [3.63, 3.8) is 0 Å². The number of anilines is 1. The number of aromatic nitrogens is 1. The molecular weight excluding hydrogens is 323 g/mol. The van der Waals surface area contributed by atoms with Crippen molar-refractivity contribution in [2.24, 2.45) is 5.92 Å². The van der Waals surface area contributed by atoms with Crippen LogP contribution in [0.25, 0.3) is 0 Å². The first-order valence-electron chi connectivity index (χ1n) is 7.18. The highest BCUT2D eigenvalue weighted by molar-refractivity contribution is 6.42. The van der Waals surface area contributed by atoms with Crippen molar-refractivity contribution in [3.8, 4) is 0 Å². The third-order valence-electron chi connectivity index (χ3n) is 3.85. The molecule has 1 saturated carbocycles. The zero-order valence-electron chi connectivity index (χ0n) is 12.3. The van der Waals surface area contributed by atoms with E-state index < -0.39 is 0 Å². The van der Waals surface area contributed by atoms with Crippen LogP contribution in [0.5, 0.6) is 0 Å². The zero-order chi connectivity index (χ0) is 15.9. The molecule has 0 spiro atoms. The van der Waals surface area contributed by atoms with Gasteiger partial charge in [-0.15, -0.1) is 0 Å². The number of amides is 1. The van der Waals surface area contributed by atoms with Crippen LogP contribution in [-0.2, 0) is 4.79 Å². The first kappa shape index (κ1) is 15.4. The van der Waals surface area contributed by atoms with Crippen molar-refractivity contribution in [2.45, 2.75) is 32.1 Å². The molecule has 1 fully saturated rings.